The van der Waals surface area contributed by atoms with Crippen molar-refractivity contribution in [2.45, 2.75) is 48.0 Å². The van der Waals surface area contributed by atoms with Gasteiger partial charge in [-0.15, -0.1) is 0 Å². The van der Waals surface area contributed by atoms with Gasteiger partial charge >= 0.3 is 0 Å². The molecule has 0 unspecified atom stereocenters. The number of carbonyl (C=O) groups excluding carboxylic acids is 1. The standard InChI is InChI=1S/C25H30N2O2/c1-8-18-20(10-9-11-22(18)29-7)24(28)27-23(25(4,5)6)21(15-26)19-13-12-16(2)14-17(19)3/h9-14H,8H2,1-7H3,(H,27,28). The highest BCUT2D eigenvalue weighted by Gasteiger charge is 2.26. The summed E-state index contributed by atoms with van der Waals surface area (Å²) in [5.74, 6) is 0.458. The van der Waals surface area contributed by atoms with E-state index in [-0.39, 0.29) is 5.91 Å². The molecule has 0 fully saturated rings. The highest BCUT2D eigenvalue weighted by atomic mass is 16.5. The zero-order valence-corrected chi connectivity index (χ0v) is 18.4. The Hall–Kier alpha value is -3.06. The van der Waals surface area contributed by atoms with E-state index in [4.69, 9.17) is 4.74 Å². The Bertz CT molecular complexity index is 989. The lowest BCUT2D eigenvalue weighted by Gasteiger charge is -2.26. The molecule has 0 saturated heterocycles. The summed E-state index contributed by atoms with van der Waals surface area (Å²) in [6.45, 7) is 12.0. The van der Waals surface area contributed by atoms with Crippen molar-refractivity contribution in [1.82, 2.24) is 5.32 Å². The maximum Gasteiger partial charge on any atom is 0.255 e. The fraction of sp³-hybridized carbons (Fsp3) is 0.360. The first kappa shape index (κ1) is 22.2. The summed E-state index contributed by atoms with van der Waals surface area (Å²) in [7, 11) is 1.60. The van der Waals surface area contributed by atoms with Crippen molar-refractivity contribution in [1.29, 1.82) is 5.26 Å². The summed E-state index contributed by atoms with van der Waals surface area (Å²) in [5.41, 5.74) is 5.07. The van der Waals surface area contributed by atoms with Crippen LogP contribution in [0.25, 0.3) is 5.57 Å². The highest BCUT2D eigenvalue weighted by molar-refractivity contribution is 5.99. The zero-order valence-electron chi connectivity index (χ0n) is 18.4. The number of nitrogens with one attached hydrogen (secondary N) is 1. The third kappa shape index (κ3) is 4.86. The fourth-order valence-electron chi connectivity index (χ4n) is 3.49. The molecule has 1 N–H and O–H groups in total. The van der Waals surface area contributed by atoms with Crippen LogP contribution in [-0.4, -0.2) is 13.0 Å². The maximum absolute atomic E-state index is 13.2. The summed E-state index contributed by atoms with van der Waals surface area (Å²) in [4.78, 5) is 13.2. The van der Waals surface area contributed by atoms with Crippen LogP contribution in [0.2, 0.25) is 0 Å². The molecule has 2 aromatic carbocycles. The molecule has 2 rings (SSSR count). The van der Waals surface area contributed by atoms with Gasteiger partial charge in [-0.25, -0.2) is 0 Å². The Labute approximate surface area is 174 Å². The number of allylic oxidation sites excluding steroid dienone is 2. The van der Waals surface area contributed by atoms with E-state index < -0.39 is 5.41 Å². The van der Waals surface area contributed by atoms with Crippen LogP contribution < -0.4 is 10.1 Å². The fourth-order valence-corrected chi connectivity index (χ4v) is 3.49. The zero-order chi connectivity index (χ0) is 21.8. The number of nitrogens with zero attached hydrogens (tertiary/aromatic N) is 1. The van der Waals surface area contributed by atoms with Gasteiger partial charge in [0.2, 0.25) is 0 Å². The second-order valence-electron chi connectivity index (χ2n) is 8.22. The molecule has 0 aliphatic carbocycles. The number of methoxy groups -OCH3 is 1. The molecule has 0 saturated carbocycles. The molecule has 0 radical (unpaired) electrons. The summed E-state index contributed by atoms with van der Waals surface area (Å²) in [5, 5.41) is 13.0. The minimum Gasteiger partial charge on any atom is -0.496 e. The number of hydrogen-bond donors (Lipinski definition) is 1. The topological polar surface area (TPSA) is 62.1 Å². The first-order chi connectivity index (χ1) is 13.6. The smallest absolute Gasteiger partial charge is 0.255 e. The second kappa shape index (κ2) is 8.96. The average molecular weight is 391 g/mol. The largest absolute Gasteiger partial charge is 0.496 e. The van der Waals surface area contributed by atoms with Gasteiger partial charge in [0.05, 0.1) is 12.7 Å². The van der Waals surface area contributed by atoms with Crippen LogP contribution in [0.3, 0.4) is 0 Å². The van der Waals surface area contributed by atoms with Crippen molar-refractivity contribution in [2.75, 3.05) is 7.11 Å². The average Bonchev–Trinajstić information content (AvgIpc) is 2.67. The highest BCUT2D eigenvalue weighted by Crippen LogP contribution is 2.33. The molecule has 0 heterocycles. The van der Waals surface area contributed by atoms with Crippen molar-refractivity contribution < 1.29 is 9.53 Å². The van der Waals surface area contributed by atoms with Gasteiger partial charge in [0.15, 0.2) is 0 Å². The molecule has 4 nitrogen and oxygen atoms in total. The minimum atomic E-state index is -0.427. The van der Waals surface area contributed by atoms with E-state index >= 15 is 0 Å². The minimum absolute atomic E-state index is 0.233. The van der Waals surface area contributed by atoms with E-state index in [1.165, 1.54) is 0 Å². The monoisotopic (exact) mass is 390 g/mol. The second-order valence-corrected chi connectivity index (χ2v) is 8.22. The van der Waals surface area contributed by atoms with Crippen molar-refractivity contribution >= 4 is 11.5 Å². The Morgan fingerprint density at radius 2 is 1.83 bits per heavy atom. The number of ether oxygens (including phenoxy) is 1. The number of hydrogen-bond acceptors (Lipinski definition) is 3. The van der Waals surface area contributed by atoms with Gasteiger partial charge in [-0.05, 0) is 43.5 Å². The Kier molecular flexibility index (Phi) is 6.87. The summed E-state index contributed by atoms with van der Waals surface area (Å²) in [6.07, 6.45) is 0.670. The van der Waals surface area contributed by atoms with Crippen LogP contribution >= 0.6 is 0 Å². The van der Waals surface area contributed by atoms with Gasteiger partial charge in [-0.2, -0.15) is 5.26 Å². The van der Waals surface area contributed by atoms with Gasteiger partial charge in [-0.1, -0.05) is 57.5 Å². The van der Waals surface area contributed by atoms with E-state index in [2.05, 4.69) is 11.4 Å². The van der Waals surface area contributed by atoms with Crippen molar-refractivity contribution in [3.8, 4) is 11.8 Å². The van der Waals surface area contributed by atoms with Gasteiger partial charge in [-0.3, -0.25) is 4.79 Å². The molecule has 0 aromatic heterocycles. The first-order valence-corrected chi connectivity index (χ1v) is 9.83. The number of benzene rings is 2. The lowest BCUT2D eigenvalue weighted by atomic mass is 9.85. The molecular weight excluding hydrogens is 360 g/mol. The molecule has 29 heavy (non-hydrogen) atoms. The molecule has 0 aliphatic rings. The van der Waals surface area contributed by atoms with Gasteiger partial charge < -0.3 is 10.1 Å². The van der Waals surface area contributed by atoms with Crippen LogP contribution in [0.4, 0.5) is 0 Å². The van der Waals surface area contributed by atoms with Crippen molar-refractivity contribution in [2.24, 2.45) is 5.41 Å². The van der Waals surface area contributed by atoms with E-state index in [1.807, 2.05) is 71.9 Å². The number of rotatable bonds is 5. The predicted molar refractivity (Wildman–Crippen MR) is 118 cm³/mol. The molecule has 0 aliphatic heterocycles. The van der Waals surface area contributed by atoms with E-state index in [0.29, 0.717) is 29.0 Å². The molecule has 0 spiro atoms. The van der Waals surface area contributed by atoms with E-state index in [9.17, 15) is 10.1 Å². The quantitative estimate of drug-likeness (QED) is 0.677. The number of aryl methyl sites for hydroxylation is 2. The van der Waals surface area contributed by atoms with E-state index in [0.717, 1.165) is 22.3 Å². The first-order valence-electron chi connectivity index (χ1n) is 9.83. The molecule has 152 valence electrons. The third-order valence-corrected chi connectivity index (χ3v) is 4.95. The lowest BCUT2D eigenvalue weighted by molar-refractivity contribution is 0.0956. The van der Waals surface area contributed by atoms with Crippen LogP contribution in [-0.2, 0) is 6.42 Å². The molecule has 0 atom stereocenters. The van der Waals surface area contributed by atoms with Crippen LogP contribution in [0.5, 0.6) is 5.75 Å². The van der Waals surface area contributed by atoms with Crippen LogP contribution in [0.15, 0.2) is 42.1 Å². The van der Waals surface area contributed by atoms with Crippen LogP contribution in [0.1, 0.15) is 60.3 Å². The van der Waals surface area contributed by atoms with Gasteiger partial charge in [0, 0.05) is 22.2 Å². The molecule has 0 bridgehead atoms. The Morgan fingerprint density at radius 3 is 2.34 bits per heavy atom. The molecule has 1 amide bonds. The van der Waals surface area contributed by atoms with E-state index in [1.54, 1.807) is 13.2 Å². The van der Waals surface area contributed by atoms with Crippen LogP contribution in [0, 0.1) is 30.6 Å². The summed E-state index contributed by atoms with van der Waals surface area (Å²) < 4.78 is 5.42. The summed E-state index contributed by atoms with van der Waals surface area (Å²) >= 11 is 0. The van der Waals surface area contributed by atoms with Gasteiger partial charge in [0.25, 0.3) is 5.91 Å². The number of nitriles is 1. The lowest BCUT2D eigenvalue weighted by Crippen LogP contribution is -2.32. The normalized spacial score (nSPS) is 12.1. The molecular formula is C25H30N2O2. The Morgan fingerprint density at radius 1 is 1.14 bits per heavy atom. The van der Waals surface area contributed by atoms with Gasteiger partial charge in [0.1, 0.15) is 11.8 Å². The number of carbonyl (C=O) groups is 1. The predicted octanol–water partition coefficient (Wildman–Crippen LogP) is 5.59. The maximum atomic E-state index is 13.2. The molecule has 4 heteroatoms. The third-order valence-electron chi connectivity index (χ3n) is 4.95. The molecule has 2 aromatic rings. The van der Waals surface area contributed by atoms with Crippen molar-refractivity contribution in [3.63, 3.8) is 0 Å². The summed E-state index contributed by atoms with van der Waals surface area (Å²) in [6, 6.07) is 13.8. The number of amides is 1. The Balaban J connectivity index is 2.62. The van der Waals surface area contributed by atoms with Crippen molar-refractivity contribution in [3.05, 3.63) is 69.9 Å². The SMILES string of the molecule is CCc1c(OC)cccc1C(=O)NC(=C(C#N)c1ccc(C)cc1C)C(C)(C)C.